The maximum atomic E-state index is 5.11. The van der Waals surface area contributed by atoms with Crippen LogP contribution >= 0.6 is 0 Å². The molecule has 3 aliphatic rings. The number of rotatable bonds is 5. The lowest BCUT2D eigenvalue weighted by molar-refractivity contribution is 0.660. The van der Waals surface area contributed by atoms with Gasteiger partial charge in [0, 0.05) is 33.9 Å². The highest BCUT2D eigenvalue weighted by atomic mass is 15.0. The maximum Gasteiger partial charge on any atom is 0.164 e. The summed E-state index contributed by atoms with van der Waals surface area (Å²) in [6.07, 6.45) is 7.93. The van der Waals surface area contributed by atoms with Gasteiger partial charge in [-0.25, -0.2) is 15.0 Å². The zero-order valence-electron chi connectivity index (χ0n) is 26.7. The van der Waals surface area contributed by atoms with E-state index >= 15 is 0 Å². The van der Waals surface area contributed by atoms with Gasteiger partial charge in [-0.05, 0) is 69.8 Å². The highest BCUT2D eigenvalue weighted by molar-refractivity contribution is 6.11. The quantitative estimate of drug-likeness (QED) is 0.194. The van der Waals surface area contributed by atoms with Gasteiger partial charge in [0.2, 0.25) is 0 Å². The second kappa shape index (κ2) is 11.0. The van der Waals surface area contributed by atoms with E-state index in [4.69, 9.17) is 19.9 Å². The van der Waals surface area contributed by atoms with Gasteiger partial charge in [-0.1, -0.05) is 117 Å². The van der Waals surface area contributed by atoms with Crippen LogP contribution in [0.25, 0.3) is 62.1 Å². The molecule has 228 valence electrons. The van der Waals surface area contributed by atoms with E-state index in [2.05, 4.69) is 116 Å². The first kappa shape index (κ1) is 28.2. The van der Waals surface area contributed by atoms with E-state index in [0.29, 0.717) is 17.5 Å². The maximum absolute atomic E-state index is 5.11. The standard InChI is InChI=1S/C43H31N5/c1-43(2)35-18-7-6-17-33(35)34-25-32(20-21-36(34)43)42-47-40(27-11-4-3-5-12-27)46-41(48-42)31-16-9-14-29(24-31)28-13-8-15-30(23-28)38-26-39-37(45-38)19-10-22-44-39/h3-26,39H,1-2H3. The molecule has 0 spiro atoms. The number of allylic oxidation sites excluding steroid dienone is 1. The second-order valence-electron chi connectivity index (χ2n) is 13.0. The van der Waals surface area contributed by atoms with Crippen molar-refractivity contribution in [1.82, 2.24) is 15.0 Å². The molecular formula is C43H31N5. The van der Waals surface area contributed by atoms with Gasteiger partial charge in [0.25, 0.3) is 0 Å². The first-order valence-electron chi connectivity index (χ1n) is 16.3. The van der Waals surface area contributed by atoms with Gasteiger partial charge in [-0.15, -0.1) is 0 Å². The fraction of sp³-hybridized carbons (Fsp3) is 0.0930. The summed E-state index contributed by atoms with van der Waals surface area (Å²) in [6, 6.07) is 42.4. The lowest BCUT2D eigenvalue weighted by Crippen LogP contribution is -2.14. The predicted molar refractivity (Wildman–Crippen MR) is 196 cm³/mol. The molecule has 48 heavy (non-hydrogen) atoms. The van der Waals surface area contributed by atoms with E-state index in [1.54, 1.807) is 0 Å². The molecule has 9 rings (SSSR count). The van der Waals surface area contributed by atoms with Crippen molar-refractivity contribution in [3.8, 4) is 56.4 Å². The van der Waals surface area contributed by atoms with E-state index in [1.807, 2.05) is 48.7 Å². The molecule has 0 saturated carbocycles. The summed E-state index contributed by atoms with van der Waals surface area (Å²) >= 11 is 0. The van der Waals surface area contributed by atoms with Gasteiger partial charge in [-0.2, -0.15) is 0 Å². The minimum absolute atomic E-state index is 0.000680. The van der Waals surface area contributed by atoms with Crippen molar-refractivity contribution < 1.29 is 0 Å². The Balaban J connectivity index is 1.13. The molecule has 1 aliphatic carbocycles. The lowest BCUT2D eigenvalue weighted by atomic mass is 9.82. The first-order valence-corrected chi connectivity index (χ1v) is 16.3. The van der Waals surface area contributed by atoms with Gasteiger partial charge in [0.15, 0.2) is 17.5 Å². The largest absolute Gasteiger partial charge is 0.279 e. The summed E-state index contributed by atoms with van der Waals surface area (Å²) in [6.45, 7) is 4.59. The molecule has 0 saturated heterocycles. The highest BCUT2D eigenvalue weighted by Crippen LogP contribution is 2.49. The van der Waals surface area contributed by atoms with Crippen LogP contribution in [0.2, 0.25) is 0 Å². The normalized spacial score (nSPS) is 16.6. The van der Waals surface area contributed by atoms with Crippen molar-refractivity contribution in [2.75, 3.05) is 0 Å². The van der Waals surface area contributed by atoms with Gasteiger partial charge in [0.05, 0.1) is 11.4 Å². The highest BCUT2D eigenvalue weighted by Gasteiger charge is 2.35. The van der Waals surface area contributed by atoms with Crippen LogP contribution in [0.3, 0.4) is 0 Å². The lowest BCUT2D eigenvalue weighted by Gasteiger charge is -2.21. The number of benzene rings is 5. The molecule has 5 nitrogen and oxygen atoms in total. The van der Waals surface area contributed by atoms with Crippen LogP contribution in [0.15, 0.2) is 150 Å². The van der Waals surface area contributed by atoms with Crippen molar-refractivity contribution in [1.29, 1.82) is 0 Å². The second-order valence-corrected chi connectivity index (χ2v) is 13.0. The molecule has 0 fully saturated rings. The van der Waals surface area contributed by atoms with Crippen LogP contribution in [0.4, 0.5) is 0 Å². The molecule has 1 atom stereocenters. The van der Waals surface area contributed by atoms with E-state index < -0.39 is 0 Å². The van der Waals surface area contributed by atoms with Gasteiger partial charge in [0.1, 0.15) is 6.04 Å². The number of dihydropyridines is 1. The van der Waals surface area contributed by atoms with E-state index in [1.165, 1.54) is 22.3 Å². The Morgan fingerprint density at radius 3 is 1.90 bits per heavy atom. The number of fused-ring (bicyclic) bond motifs is 4. The fourth-order valence-corrected chi connectivity index (χ4v) is 7.08. The Morgan fingerprint density at radius 2 is 1.12 bits per heavy atom. The molecule has 1 unspecified atom stereocenters. The number of hydrogen-bond donors (Lipinski definition) is 0. The first-order chi connectivity index (χ1) is 23.5. The minimum atomic E-state index is -0.0634. The Labute approximate surface area is 279 Å². The third kappa shape index (κ3) is 4.75. The number of aromatic nitrogens is 3. The fourth-order valence-electron chi connectivity index (χ4n) is 7.08. The van der Waals surface area contributed by atoms with Gasteiger partial charge < -0.3 is 0 Å². The number of hydrogen-bond acceptors (Lipinski definition) is 5. The zero-order chi connectivity index (χ0) is 32.2. The molecule has 6 aromatic rings. The molecule has 5 aromatic carbocycles. The SMILES string of the molecule is CC1(C)c2ccccc2-c2cc(-c3nc(-c4ccccc4)nc(-c4cccc(-c5cccc(C6=CC7N=CC=CC7=N6)c5)c4)n3)ccc21. The van der Waals surface area contributed by atoms with E-state index in [-0.39, 0.29) is 11.5 Å². The Hall–Kier alpha value is -6.07. The Bertz CT molecular complexity index is 2380. The van der Waals surface area contributed by atoms with Crippen molar-refractivity contribution in [3.63, 3.8) is 0 Å². The van der Waals surface area contributed by atoms with E-state index in [0.717, 1.165) is 44.8 Å². The topological polar surface area (TPSA) is 63.4 Å². The Kier molecular flexibility index (Phi) is 6.47. The molecule has 0 N–H and O–H groups in total. The Morgan fingerprint density at radius 1 is 0.521 bits per heavy atom. The van der Waals surface area contributed by atoms with Crippen LogP contribution < -0.4 is 0 Å². The van der Waals surface area contributed by atoms with Crippen molar-refractivity contribution in [2.24, 2.45) is 9.98 Å². The minimum Gasteiger partial charge on any atom is -0.279 e. The van der Waals surface area contributed by atoms with Crippen LogP contribution in [-0.4, -0.2) is 32.9 Å². The van der Waals surface area contributed by atoms with E-state index in [9.17, 15) is 0 Å². The monoisotopic (exact) mass is 617 g/mol. The van der Waals surface area contributed by atoms with Crippen LogP contribution in [0, 0.1) is 0 Å². The molecule has 3 heterocycles. The molecule has 2 aliphatic heterocycles. The van der Waals surface area contributed by atoms with Crippen molar-refractivity contribution in [3.05, 3.63) is 156 Å². The van der Waals surface area contributed by atoms with Crippen molar-refractivity contribution in [2.45, 2.75) is 25.3 Å². The summed E-state index contributed by atoms with van der Waals surface area (Å²) in [5.41, 5.74) is 13.1. The van der Waals surface area contributed by atoms with Crippen LogP contribution in [-0.2, 0) is 5.41 Å². The van der Waals surface area contributed by atoms with Crippen LogP contribution in [0.5, 0.6) is 0 Å². The third-order valence-corrected chi connectivity index (χ3v) is 9.59. The summed E-state index contributed by atoms with van der Waals surface area (Å²) < 4.78 is 0. The average Bonchev–Trinajstić information content (AvgIpc) is 3.68. The zero-order valence-corrected chi connectivity index (χ0v) is 26.7. The van der Waals surface area contributed by atoms with Crippen LogP contribution in [0.1, 0.15) is 30.5 Å². The molecule has 5 heteroatoms. The molecule has 0 radical (unpaired) electrons. The summed E-state index contributed by atoms with van der Waals surface area (Å²) in [7, 11) is 0. The van der Waals surface area contributed by atoms with Gasteiger partial charge in [-0.3, -0.25) is 9.98 Å². The average molecular weight is 618 g/mol. The number of nitrogens with zero attached hydrogens (tertiary/aromatic N) is 5. The summed E-state index contributed by atoms with van der Waals surface area (Å²) in [5.74, 6) is 1.94. The predicted octanol–water partition coefficient (Wildman–Crippen LogP) is 9.65. The smallest absolute Gasteiger partial charge is 0.164 e. The van der Waals surface area contributed by atoms with Gasteiger partial charge >= 0.3 is 0 Å². The molecule has 1 aromatic heterocycles. The third-order valence-electron chi connectivity index (χ3n) is 9.59. The summed E-state index contributed by atoms with van der Waals surface area (Å²) in [4.78, 5) is 24.5. The number of aliphatic imine (C=N–C) groups is 2. The molecule has 0 amide bonds. The summed E-state index contributed by atoms with van der Waals surface area (Å²) in [5, 5.41) is 0. The van der Waals surface area contributed by atoms with Crippen molar-refractivity contribution >= 4 is 17.6 Å². The molecule has 0 bridgehead atoms. The molecular weight excluding hydrogens is 587 g/mol.